The molecule has 0 aromatic heterocycles. The van der Waals surface area contributed by atoms with Gasteiger partial charge in [0.2, 0.25) is 0 Å². The zero-order valence-electron chi connectivity index (χ0n) is 32.7. The summed E-state index contributed by atoms with van der Waals surface area (Å²) in [4.78, 5) is 13.0. The van der Waals surface area contributed by atoms with Crippen LogP contribution >= 0.6 is 0 Å². The molecule has 12 nitrogen and oxygen atoms in total. The van der Waals surface area contributed by atoms with Gasteiger partial charge in [-0.15, -0.1) is 0 Å². The highest BCUT2D eigenvalue weighted by Crippen LogP contribution is 2.76. The lowest BCUT2D eigenvalue weighted by molar-refractivity contribution is -0.365. The molecule has 7 rings (SSSR count). The molecule has 6 fully saturated rings. The van der Waals surface area contributed by atoms with Crippen LogP contribution in [0.5, 0.6) is 0 Å². The molecule has 0 amide bonds. The first-order valence-corrected chi connectivity index (χ1v) is 20.2. The predicted octanol–water partition coefficient (Wildman–Crippen LogP) is 3.52. The van der Waals surface area contributed by atoms with Gasteiger partial charge in [-0.3, -0.25) is 4.79 Å². The fraction of sp³-hybridized carbons (Fsp3) is 0.927. The van der Waals surface area contributed by atoms with E-state index in [-0.39, 0.29) is 46.7 Å². The van der Waals surface area contributed by atoms with E-state index in [1.54, 1.807) is 0 Å². The van der Waals surface area contributed by atoms with Crippen LogP contribution in [0.2, 0.25) is 0 Å². The zero-order chi connectivity index (χ0) is 38.7. The SMILES string of the molecule is C[C@@H]1O[C@@H](O[C@H]2[C@H](O[C@H]3CC[C@@]4(C)[C@@H](CC[C@]5(C)[C@@H]4CC=C4[C@@H]6CC(C)(C)CC[C@]6(C(=O)O)CC[C@]45C)[C@]3(C)CO)OC[C@H](O)[C@@H]2O)[C@H](O)[C@H](O)C1O. The molecule has 4 saturated carbocycles. The molecule has 2 heterocycles. The van der Waals surface area contributed by atoms with E-state index in [9.17, 15) is 40.5 Å². The third-order valence-electron chi connectivity index (χ3n) is 17.0. The van der Waals surface area contributed by atoms with E-state index < -0.39 is 78.2 Å². The molecule has 0 aromatic rings. The molecule has 0 spiro atoms. The van der Waals surface area contributed by atoms with Gasteiger partial charge in [0.25, 0.3) is 0 Å². The van der Waals surface area contributed by atoms with Crippen molar-refractivity contribution in [1.29, 1.82) is 0 Å². The molecule has 0 aromatic carbocycles. The average molecular weight is 751 g/mol. The molecule has 53 heavy (non-hydrogen) atoms. The van der Waals surface area contributed by atoms with Crippen LogP contribution < -0.4 is 0 Å². The van der Waals surface area contributed by atoms with E-state index in [4.69, 9.17) is 18.9 Å². The lowest BCUT2D eigenvalue weighted by Crippen LogP contribution is -2.67. The van der Waals surface area contributed by atoms with Gasteiger partial charge in [0.1, 0.15) is 36.6 Å². The van der Waals surface area contributed by atoms with E-state index in [1.165, 1.54) is 12.5 Å². The normalized spacial score (nSPS) is 55.1. The molecule has 12 heteroatoms. The molecular formula is C41H66O12. The van der Waals surface area contributed by atoms with Crippen molar-refractivity contribution in [1.82, 2.24) is 0 Å². The minimum Gasteiger partial charge on any atom is -0.481 e. The Balaban J connectivity index is 1.15. The van der Waals surface area contributed by atoms with Crippen molar-refractivity contribution >= 4 is 5.97 Å². The maximum absolute atomic E-state index is 13.0. The van der Waals surface area contributed by atoms with Crippen molar-refractivity contribution in [2.45, 2.75) is 174 Å². The number of allylic oxidation sites excluding steroid dienone is 2. The van der Waals surface area contributed by atoms with Crippen LogP contribution in [0.15, 0.2) is 11.6 Å². The maximum Gasteiger partial charge on any atom is 0.310 e. The number of ether oxygens (including phenoxy) is 4. The largest absolute Gasteiger partial charge is 0.481 e. The number of hydrogen-bond donors (Lipinski definition) is 7. The van der Waals surface area contributed by atoms with Crippen molar-refractivity contribution in [2.24, 2.45) is 50.2 Å². The summed E-state index contributed by atoms with van der Waals surface area (Å²) in [7, 11) is 0. The van der Waals surface area contributed by atoms with Gasteiger partial charge in [-0.05, 0) is 111 Å². The molecular weight excluding hydrogens is 684 g/mol. The molecule has 7 N–H and O–H groups in total. The van der Waals surface area contributed by atoms with E-state index >= 15 is 0 Å². The Morgan fingerprint density at radius 3 is 2.21 bits per heavy atom. The number of fused-ring (bicyclic) bond motifs is 7. The highest BCUT2D eigenvalue weighted by Gasteiger charge is 2.70. The second-order valence-corrected chi connectivity index (χ2v) is 20.0. The molecule has 302 valence electrons. The van der Waals surface area contributed by atoms with Crippen LogP contribution in [0.1, 0.15) is 113 Å². The van der Waals surface area contributed by atoms with E-state index in [2.05, 4.69) is 47.6 Å². The number of aliphatic hydroxyl groups is 6. The number of aliphatic hydroxyl groups excluding tert-OH is 6. The van der Waals surface area contributed by atoms with Gasteiger partial charge in [-0.25, -0.2) is 0 Å². The quantitative estimate of drug-likeness (QED) is 0.155. The maximum atomic E-state index is 13.0. The number of hydrogen-bond acceptors (Lipinski definition) is 11. The first-order valence-electron chi connectivity index (χ1n) is 20.2. The Labute approximate surface area is 314 Å². The van der Waals surface area contributed by atoms with Gasteiger partial charge in [-0.2, -0.15) is 0 Å². The summed E-state index contributed by atoms with van der Waals surface area (Å²) in [5.41, 5.74) is -0.239. The molecule has 0 bridgehead atoms. The van der Waals surface area contributed by atoms with Gasteiger partial charge in [0, 0.05) is 5.41 Å². The first-order chi connectivity index (χ1) is 24.7. The van der Waals surface area contributed by atoms with Crippen LogP contribution in [0.25, 0.3) is 0 Å². The fourth-order valence-electron chi connectivity index (χ4n) is 13.3. The molecule has 2 saturated heterocycles. The lowest BCUT2D eigenvalue weighted by Gasteiger charge is -2.71. The van der Waals surface area contributed by atoms with Crippen molar-refractivity contribution in [3.05, 3.63) is 11.6 Å². The summed E-state index contributed by atoms with van der Waals surface area (Å²) < 4.78 is 24.3. The minimum atomic E-state index is -1.62. The second-order valence-electron chi connectivity index (χ2n) is 20.0. The Bertz CT molecular complexity index is 1440. The van der Waals surface area contributed by atoms with Gasteiger partial charge < -0.3 is 54.7 Å². The summed E-state index contributed by atoms with van der Waals surface area (Å²) in [5, 5.41) is 74.9. The van der Waals surface area contributed by atoms with Gasteiger partial charge >= 0.3 is 5.97 Å². The Morgan fingerprint density at radius 1 is 0.830 bits per heavy atom. The lowest BCUT2D eigenvalue weighted by atomic mass is 9.33. The Morgan fingerprint density at radius 2 is 1.53 bits per heavy atom. The average Bonchev–Trinajstić information content (AvgIpc) is 3.10. The van der Waals surface area contributed by atoms with Crippen LogP contribution in [-0.2, 0) is 23.7 Å². The molecule has 18 atom stereocenters. The molecule has 7 aliphatic rings. The van der Waals surface area contributed by atoms with Crippen molar-refractivity contribution in [3.8, 4) is 0 Å². The highest BCUT2D eigenvalue weighted by atomic mass is 16.8. The van der Waals surface area contributed by atoms with E-state index in [1.807, 2.05) is 0 Å². The molecule has 5 aliphatic carbocycles. The predicted molar refractivity (Wildman–Crippen MR) is 192 cm³/mol. The number of carbonyl (C=O) groups is 1. The third kappa shape index (κ3) is 5.85. The Hall–Kier alpha value is -1.19. The number of aliphatic carboxylic acids is 1. The van der Waals surface area contributed by atoms with E-state index in [0.29, 0.717) is 18.8 Å². The fourth-order valence-corrected chi connectivity index (χ4v) is 13.3. The van der Waals surface area contributed by atoms with Crippen molar-refractivity contribution in [2.75, 3.05) is 13.2 Å². The summed E-state index contributed by atoms with van der Waals surface area (Å²) in [6.07, 6.45) is -1.79. The third-order valence-corrected chi connectivity index (χ3v) is 17.0. The molecule has 2 aliphatic heterocycles. The number of carboxylic acid groups (broad SMARTS) is 1. The first kappa shape index (κ1) is 40.0. The standard InChI is InChI=1S/C41H66O12/c1-21-28(44)30(46)31(47)33(51-21)53-32-29(45)24(43)19-50-34(32)52-27-11-12-37(4)25(38(27,5)20-42)10-13-40(7)26(37)9-8-22-23-18-36(2,3)14-16-41(23,35(48)49)17-15-39(22,40)6/h8,21,23-34,42-47H,9-20H2,1-7H3,(H,48,49)/t21-,23-,24-,25+,26+,27-,28?,29-,30+,31+,32+,33-,34-,37-,38-,39+,40+,41-/m0/s1. The monoisotopic (exact) mass is 750 g/mol. The van der Waals surface area contributed by atoms with Gasteiger partial charge in [0.15, 0.2) is 12.6 Å². The van der Waals surface area contributed by atoms with Crippen molar-refractivity contribution < 1.29 is 59.5 Å². The summed E-state index contributed by atoms with van der Waals surface area (Å²) in [6.45, 7) is 15.1. The summed E-state index contributed by atoms with van der Waals surface area (Å²) in [5.74, 6) is -0.194. The smallest absolute Gasteiger partial charge is 0.310 e. The van der Waals surface area contributed by atoms with Gasteiger partial charge in [-0.1, -0.05) is 53.2 Å². The van der Waals surface area contributed by atoms with Crippen LogP contribution in [-0.4, -0.2) is 116 Å². The molecule has 0 radical (unpaired) electrons. The van der Waals surface area contributed by atoms with Crippen LogP contribution in [0.3, 0.4) is 0 Å². The zero-order valence-corrected chi connectivity index (χ0v) is 32.7. The van der Waals surface area contributed by atoms with Crippen LogP contribution in [0, 0.1) is 50.2 Å². The van der Waals surface area contributed by atoms with E-state index in [0.717, 1.165) is 51.4 Å². The summed E-state index contributed by atoms with van der Waals surface area (Å²) in [6, 6.07) is 0. The highest BCUT2D eigenvalue weighted by molar-refractivity contribution is 5.76. The second kappa shape index (κ2) is 13.5. The van der Waals surface area contributed by atoms with Crippen LogP contribution in [0.4, 0.5) is 0 Å². The van der Waals surface area contributed by atoms with Gasteiger partial charge in [0.05, 0.1) is 30.8 Å². The Kier molecular flexibility index (Phi) is 10.2. The number of carboxylic acids is 1. The molecule has 1 unspecified atom stereocenters. The van der Waals surface area contributed by atoms with Crippen molar-refractivity contribution in [3.63, 3.8) is 0 Å². The number of rotatable bonds is 6. The topological polar surface area (TPSA) is 196 Å². The summed E-state index contributed by atoms with van der Waals surface area (Å²) >= 11 is 0. The minimum absolute atomic E-state index is 0.0360.